The lowest BCUT2D eigenvalue weighted by atomic mass is 10.1. The van der Waals surface area contributed by atoms with Crippen LogP contribution in [-0.4, -0.2) is 24.4 Å². The van der Waals surface area contributed by atoms with Gasteiger partial charge in [0.05, 0.1) is 5.60 Å². The van der Waals surface area contributed by atoms with Gasteiger partial charge in [0.1, 0.15) is 12.4 Å². The first-order valence-electron chi connectivity index (χ1n) is 5.10. The Labute approximate surface area is 91.1 Å². The molecule has 0 amide bonds. The Morgan fingerprint density at radius 2 is 2.00 bits per heavy atom. The molecule has 2 N–H and O–H groups in total. The Morgan fingerprint density at radius 1 is 1.33 bits per heavy atom. The summed E-state index contributed by atoms with van der Waals surface area (Å²) in [5.74, 6) is 0.828. The second-order valence-electron chi connectivity index (χ2n) is 4.24. The van der Waals surface area contributed by atoms with Gasteiger partial charge in [0.15, 0.2) is 0 Å². The molecule has 0 fully saturated rings. The fourth-order valence-electron chi connectivity index (χ4n) is 1.24. The second-order valence-corrected chi connectivity index (χ2v) is 4.24. The molecule has 0 radical (unpaired) electrons. The predicted molar refractivity (Wildman–Crippen MR) is 61.0 cm³/mol. The number of hydrogen-bond acceptors (Lipinski definition) is 3. The Hall–Kier alpha value is -1.06. The zero-order chi connectivity index (χ0) is 11.3. The van der Waals surface area contributed by atoms with Crippen molar-refractivity contribution in [3.8, 4) is 5.75 Å². The highest BCUT2D eigenvalue weighted by Gasteiger charge is 2.14. The molecule has 15 heavy (non-hydrogen) atoms. The van der Waals surface area contributed by atoms with Crippen LogP contribution in [0.1, 0.15) is 19.4 Å². The minimum atomic E-state index is -0.799. The molecule has 0 aliphatic heterocycles. The Bertz CT molecular complexity index is 305. The van der Waals surface area contributed by atoms with Crippen molar-refractivity contribution in [2.45, 2.75) is 26.0 Å². The van der Waals surface area contributed by atoms with Crippen molar-refractivity contribution in [3.05, 3.63) is 29.8 Å². The molecule has 0 unspecified atom stereocenters. The van der Waals surface area contributed by atoms with Crippen molar-refractivity contribution in [3.63, 3.8) is 0 Å². The SMILES string of the molecule is CNCc1ccccc1OCC(C)(C)O. The molecular formula is C12H19NO2. The number of benzene rings is 1. The molecule has 0 saturated heterocycles. The van der Waals surface area contributed by atoms with Crippen molar-refractivity contribution in [1.82, 2.24) is 5.32 Å². The van der Waals surface area contributed by atoms with Crippen molar-refractivity contribution in [1.29, 1.82) is 0 Å². The summed E-state index contributed by atoms with van der Waals surface area (Å²) in [6.45, 7) is 4.52. The first-order valence-corrected chi connectivity index (χ1v) is 5.10. The van der Waals surface area contributed by atoms with E-state index >= 15 is 0 Å². The molecule has 1 rings (SSSR count). The molecule has 0 aliphatic carbocycles. The molecule has 0 saturated carbocycles. The Morgan fingerprint density at radius 3 is 2.60 bits per heavy atom. The van der Waals surface area contributed by atoms with E-state index in [4.69, 9.17) is 4.74 Å². The highest BCUT2D eigenvalue weighted by atomic mass is 16.5. The van der Waals surface area contributed by atoms with Gasteiger partial charge in [-0.15, -0.1) is 0 Å². The molecule has 1 aromatic carbocycles. The molecular weight excluding hydrogens is 190 g/mol. The fourth-order valence-corrected chi connectivity index (χ4v) is 1.24. The standard InChI is InChI=1S/C12H19NO2/c1-12(2,14)9-15-11-7-5-4-6-10(11)8-13-3/h4-7,13-14H,8-9H2,1-3H3. The molecule has 0 bridgehead atoms. The van der Waals surface area contributed by atoms with E-state index in [0.717, 1.165) is 17.9 Å². The number of ether oxygens (including phenoxy) is 1. The van der Waals surface area contributed by atoms with E-state index in [9.17, 15) is 5.11 Å². The topological polar surface area (TPSA) is 41.5 Å². The molecule has 0 heterocycles. The highest BCUT2D eigenvalue weighted by molar-refractivity contribution is 5.33. The van der Waals surface area contributed by atoms with Crippen LogP contribution in [-0.2, 0) is 6.54 Å². The van der Waals surface area contributed by atoms with Crippen molar-refractivity contribution >= 4 is 0 Å². The lowest BCUT2D eigenvalue weighted by Gasteiger charge is -2.19. The van der Waals surface area contributed by atoms with Gasteiger partial charge in [-0.2, -0.15) is 0 Å². The van der Waals surface area contributed by atoms with Crippen molar-refractivity contribution < 1.29 is 9.84 Å². The second kappa shape index (κ2) is 5.14. The minimum absolute atomic E-state index is 0.299. The summed E-state index contributed by atoms with van der Waals surface area (Å²) >= 11 is 0. The van der Waals surface area contributed by atoms with E-state index in [1.807, 2.05) is 31.3 Å². The average Bonchev–Trinajstić information content (AvgIpc) is 2.16. The third-order valence-corrected chi connectivity index (χ3v) is 1.92. The third kappa shape index (κ3) is 4.32. The van der Waals surface area contributed by atoms with Gasteiger partial charge < -0.3 is 15.2 Å². The van der Waals surface area contributed by atoms with Gasteiger partial charge >= 0.3 is 0 Å². The lowest BCUT2D eigenvalue weighted by molar-refractivity contribution is 0.0281. The van der Waals surface area contributed by atoms with Crippen LogP contribution >= 0.6 is 0 Å². The molecule has 1 aromatic rings. The first kappa shape index (κ1) is 12.0. The monoisotopic (exact) mass is 209 g/mol. The zero-order valence-electron chi connectivity index (χ0n) is 9.58. The number of rotatable bonds is 5. The molecule has 0 atom stereocenters. The van der Waals surface area contributed by atoms with E-state index < -0.39 is 5.60 Å². The van der Waals surface area contributed by atoms with Gasteiger partial charge in [0.2, 0.25) is 0 Å². The number of hydrogen-bond donors (Lipinski definition) is 2. The van der Waals surface area contributed by atoms with Crippen molar-refractivity contribution in [2.24, 2.45) is 0 Å². The first-order chi connectivity index (χ1) is 7.03. The highest BCUT2D eigenvalue weighted by Crippen LogP contribution is 2.18. The molecule has 3 nitrogen and oxygen atoms in total. The van der Waals surface area contributed by atoms with Gasteiger partial charge in [-0.1, -0.05) is 18.2 Å². The minimum Gasteiger partial charge on any atom is -0.490 e. The van der Waals surface area contributed by atoms with E-state index in [0.29, 0.717) is 6.61 Å². The van der Waals surface area contributed by atoms with Gasteiger partial charge in [0, 0.05) is 12.1 Å². The summed E-state index contributed by atoms with van der Waals surface area (Å²) in [6.07, 6.45) is 0. The Balaban J connectivity index is 2.67. The summed E-state index contributed by atoms with van der Waals surface area (Å²) < 4.78 is 5.56. The largest absolute Gasteiger partial charge is 0.490 e. The zero-order valence-corrected chi connectivity index (χ0v) is 9.58. The molecule has 0 aromatic heterocycles. The van der Waals surface area contributed by atoms with Crippen LogP contribution in [0.5, 0.6) is 5.75 Å². The Kier molecular flexibility index (Phi) is 4.12. The summed E-state index contributed by atoms with van der Waals surface area (Å²) in [5.41, 5.74) is 0.302. The van der Waals surface area contributed by atoms with Crippen molar-refractivity contribution in [2.75, 3.05) is 13.7 Å². The van der Waals surface area contributed by atoms with Gasteiger partial charge in [-0.3, -0.25) is 0 Å². The van der Waals surface area contributed by atoms with Crippen LogP contribution < -0.4 is 10.1 Å². The van der Waals surface area contributed by atoms with E-state index in [1.54, 1.807) is 13.8 Å². The summed E-state index contributed by atoms with van der Waals surface area (Å²) in [5, 5.41) is 12.6. The maximum absolute atomic E-state index is 9.56. The number of nitrogens with one attached hydrogen (secondary N) is 1. The summed E-state index contributed by atoms with van der Waals surface area (Å²) in [4.78, 5) is 0. The molecule has 0 aliphatic rings. The maximum Gasteiger partial charge on any atom is 0.123 e. The maximum atomic E-state index is 9.56. The molecule has 3 heteroatoms. The quantitative estimate of drug-likeness (QED) is 0.773. The van der Waals surface area contributed by atoms with Crippen LogP contribution in [0.25, 0.3) is 0 Å². The fraction of sp³-hybridized carbons (Fsp3) is 0.500. The molecule has 0 spiro atoms. The predicted octanol–water partition coefficient (Wildman–Crippen LogP) is 1.56. The van der Waals surface area contributed by atoms with Crippen LogP contribution in [0.2, 0.25) is 0 Å². The molecule has 84 valence electrons. The van der Waals surface area contributed by atoms with Gasteiger partial charge in [0.25, 0.3) is 0 Å². The van der Waals surface area contributed by atoms with E-state index in [1.165, 1.54) is 0 Å². The number of para-hydroxylation sites is 1. The summed E-state index contributed by atoms with van der Waals surface area (Å²) in [7, 11) is 1.90. The van der Waals surface area contributed by atoms with E-state index in [2.05, 4.69) is 5.32 Å². The van der Waals surface area contributed by atoms with Gasteiger partial charge in [-0.25, -0.2) is 0 Å². The number of aliphatic hydroxyl groups is 1. The third-order valence-electron chi connectivity index (χ3n) is 1.92. The normalized spacial score (nSPS) is 11.5. The van der Waals surface area contributed by atoms with Crippen LogP contribution in [0.15, 0.2) is 24.3 Å². The smallest absolute Gasteiger partial charge is 0.123 e. The van der Waals surface area contributed by atoms with Gasteiger partial charge in [-0.05, 0) is 27.0 Å². The average molecular weight is 209 g/mol. The van der Waals surface area contributed by atoms with Crippen LogP contribution in [0.3, 0.4) is 0 Å². The van der Waals surface area contributed by atoms with Crippen LogP contribution in [0.4, 0.5) is 0 Å². The van der Waals surface area contributed by atoms with E-state index in [-0.39, 0.29) is 0 Å². The lowest BCUT2D eigenvalue weighted by Crippen LogP contribution is -2.28. The van der Waals surface area contributed by atoms with Crippen LogP contribution in [0, 0.1) is 0 Å². The summed E-state index contributed by atoms with van der Waals surface area (Å²) in [6, 6.07) is 7.83.